The maximum absolute atomic E-state index is 4.72. The molecule has 0 fully saturated rings. The van der Waals surface area contributed by atoms with Crippen LogP contribution in [0.5, 0.6) is 0 Å². The van der Waals surface area contributed by atoms with Crippen molar-refractivity contribution < 1.29 is 0 Å². The van der Waals surface area contributed by atoms with Crippen molar-refractivity contribution in [1.82, 2.24) is 9.97 Å². The molecule has 0 unspecified atom stereocenters. The summed E-state index contributed by atoms with van der Waals surface area (Å²) < 4.78 is 0. The Morgan fingerprint density at radius 3 is 2.88 bits per heavy atom. The summed E-state index contributed by atoms with van der Waals surface area (Å²) in [5.74, 6) is 1.87. The van der Waals surface area contributed by atoms with Crippen molar-refractivity contribution in [3.8, 4) is 11.4 Å². The van der Waals surface area contributed by atoms with E-state index < -0.39 is 0 Å². The number of rotatable bonds is 2. The molecule has 1 N–H and O–H groups in total. The molecule has 88 valence electrons. The van der Waals surface area contributed by atoms with Crippen molar-refractivity contribution in [2.75, 3.05) is 12.4 Å². The summed E-state index contributed by atoms with van der Waals surface area (Å²) in [6, 6.07) is 2.08. The Bertz CT molecular complexity index is 502. The smallest absolute Gasteiger partial charge is 0.162 e. The maximum atomic E-state index is 4.72. The van der Waals surface area contributed by atoms with Crippen molar-refractivity contribution >= 4 is 17.2 Å². The van der Waals surface area contributed by atoms with E-state index in [-0.39, 0.29) is 0 Å². The second-order valence-corrected chi connectivity index (χ2v) is 5.07. The van der Waals surface area contributed by atoms with Crippen molar-refractivity contribution in [2.24, 2.45) is 0 Å². The third-order valence-corrected chi connectivity index (χ3v) is 3.88. The lowest BCUT2D eigenvalue weighted by Gasteiger charge is -2.18. The zero-order valence-corrected chi connectivity index (χ0v) is 10.7. The number of hydrogen-bond donors (Lipinski definition) is 1. The molecule has 3 nitrogen and oxygen atoms in total. The Morgan fingerprint density at radius 1 is 1.24 bits per heavy atom. The number of fused-ring (bicyclic) bond motifs is 1. The highest BCUT2D eigenvalue weighted by Crippen LogP contribution is 2.28. The van der Waals surface area contributed by atoms with Gasteiger partial charge in [0.2, 0.25) is 0 Å². The van der Waals surface area contributed by atoms with Gasteiger partial charge in [-0.15, -0.1) is 0 Å². The first-order valence-electron chi connectivity index (χ1n) is 5.98. The maximum Gasteiger partial charge on any atom is 0.162 e. The van der Waals surface area contributed by atoms with E-state index in [9.17, 15) is 0 Å². The highest BCUT2D eigenvalue weighted by molar-refractivity contribution is 7.08. The van der Waals surface area contributed by atoms with Crippen molar-refractivity contribution in [2.45, 2.75) is 25.7 Å². The molecule has 0 atom stereocenters. The molecular formula is C13H15N3S. The molecule has 2 heterocycles. The van der Waals surface area contributed by atoms with Gasteiger partial charge in [0.1, 0.15) is 5.82 Å². The van der Waals surface area contributed by atoms with Crippen molar-refractivity contribution in [3.63, 3.8) is 0 Å². The summed E-state index contributed by atoms with van der Waals surface area (Å²) in [4.78, 5) is 9.35. The van der Waals surface area contributed by atoms with Crippen LogP contribution < -0.4 is 5.32 Å². The van der Waals surface area contributed by atoms with Crippen LogP contribution in [0.2, 0.25) is 0 Å². The number of hydrogen-bond acceptors (Lipinski definition) is 4. The van der Waals surface area contributed by atoms with Gasteiger partial charge in [-0.1, -0.05) is 0 Å². The molecule has 1 aliphatic carbocycles. The van der Waals surface area contributed by atoms with E-state index in [4.69, 9.17) is 4.98 Å². The molecule has 2 aromatic rings. The van der Waals surface area contributed by atoms with E-state index in [1.54, 1.807) is 11.3 Å². The van der Waals surface area contributed by atoms with E-state index >= 15 is 0 Å². The zero-order valence-electron chi connectivity index (χ0n) is 9.86. The Balaban J connectivity index is 2.12. The minimum Gasteiger partial charge on any atom is -0.373 e. The van der Waals surface area contributed by atoms with Crippen LogP contribution in [0.3, 0.4) is 0 Å². The number of anilines is 1. The van der Waals surface area contributed by atoms with Gasteiger partial charge in [-0.3, -0.25) is 0 Å². The molecule has 0 aliphatic heterocycles. The predicted molar refractivity (Wildman–Crippen MR) is 71.5 cm³/mol. The molecule has 0 amide bonds. The lowest BCUT2D eigenvalue weighted by molar-refractivity contribution is 0.665. The summed E-state index contributed by atoms with van der Waals surface area (Å²) in [6.45, 7) is 0. The molecule has 1 aliphatic rings. The SMILES string of the molecule is CNc1nc(-c2ccsc2)nc2c1CCCC2. The van der Waals surface area contributed by atoms with Crippen LogP contribution in [0.1, 0.15) is 24.1 Å². The van der Waals surface area contributed by atoms with Gasteiger partial charge >= 0.3 is 0 Å². The molecule has 4 heteroatoms. The summed E-state index contributed by atoms with van der Waals surface area (Å²) >= 11 is 1.68. The molecule has 0 bridgehead atoms. The second kappa shape index (κ2) is 4.45. The van der Waals surface area contributed by atoms with E-state index in [1.807, 2.05) is 7.05 Å². The molecular weight excluding hydrogens is 230 g/mol. The van der Waals surface area contributed by atoms with Gasteiger partial charge in [0.15, 0.2) is 5.82 Å². The fraction of sp³-hybridized carbons (Fsp3) is 0.385. The molecule has 0 spiro atoms. The van der Waals surface area contributed by atoms with Crippen LogP contribution in [-0.2, 0) is 12.8 Å². The Hall–Kier alpha value is -1.42. The normalized spacial score (nSPS) is 14.4. The first kappa shape index (κ1) is 10.7. The van der Waals surface area contributed by atoms with E-state index in [2.05, 4.69) is 27.1 Å². The highest BCUT2D eigenvalue weighted by Gasteiger charge is 2.17. The number of nitrogens with zero attached hydrogens (tertiary/aromatic N) is 2. The third kappa shape index (κ3) is 1.93. The number of aromatic nitrogens is 2. The van der Waals surface area contributed by atoms with Crippen LogP contribution >= 0.6 is 11.3 Å². The number of aryl methyl sites for hydroxylation is 1. The van der Waals surface area contributed by atoms with Gasteiger partial charge in [0, 0.05) is 29.2 Å². The summed E-state index contributed by atoms with van der Waals surface area (Å²) in [5, 5.41) is 7.38. The van der Waals surface area contributed by atoms with Gasteiger partial charge in [0.25, 0.3) is 0 Å². The van der Waals surface area contributed by atoms with Crippen LogP contribution in [0.25, 0.3) is 11.4 Å². The molecule has 0 radical (unpaired) electrons. The van der Waals surface area contributed by atoms with E-state index in [0.717, 1.165) is 30.0 Å². The predicted octanol–water partition coefficient (Wildman–Crippen LogP) is 3.13. The Morgan fingerprint density at radius 2 is 2.12 bits per heavy atom. The van der Waals surface area contributed by atoms with Crippen molar-refractivity contribution in [1.29, 1.82) is 0 Å². The standard InChI is InChI=1S/C13H15N3S/c1-14-13-10-4-2-3-5-11(10)15-12(16-13)9-6-7-17-8-9/h6-8H,2-5H2,1H3,(H,14,15,16). The number of thiophene rings is 1. The molecule has 2 aromatic heterocycles. The zero-order chi connectivity index (χ0) is 11.7. The topological polar surface area (TPSA) is 37.8 Å². The fourth-order valence-corrected chi connectivity index (χ4v) is 2.96. The average molecular weight is 245 g/mol. The summed E-state index contributed by atoms with van der Waals surface area (Å²) in [6.07, 6.45) is 4.69. The lowest BCUT2D eigenvalue weighted by atomic mass is 9.96. The largest absolute Gasteiger partial charge is 0.373 e. The monoisotopic (exact) mass is 245 g/mol. The third-order valence-electron chi connectivity index (χ3n) is 3.20. The van der Waals surface area contributed by atoms with Gasteiger partial charge < -0.3 is 5.32 Å². The summed E-state index contributed by atoms with van der Waals surface area (Å²) in [7, 11) is 1.94. The van der Waals surface area contributed by atoms with Gasteiger partial charge in [-0.2, -0.15) is 11.3 Å². The van der Waals surface area contributed by atoms with E-state index in [1.165, 1.54) is 24.1 Å². The Kier molecular flexibility index (Phi) is 2.81. The van der Waals surface area contributed by atoms with Crippen LogP contribution in [0.15, 0.2) is 16.8 Å². The quantitative estimate of drug-likeness (QED) is 0.883. The summed E-state index contributed by atoms with van der Waals surface area (Å²) in [5.41, 5.74) is 3.68. The molecule has 0 aromatic carbocycles. The van der Waals surface area contributed by atoms with Gasteiger partial charge in [-0.05, 0) is 37.1 Å². The van der Waals surface area contributed by atoms with Crippen LogP contribution in [-0.4, -0.2) is 17.0 Å². The van der Waals surface area contributed by atoms with Gasteiger partial charge in [-0.25, -0.2) is 9.97 Å². The lowest BCUT2D eigenvalue weighted by Crippen LogP contribution is -2.11. The Labute approximate surface area is 105 Å². The minimum absolute atomic E-state index is 0.858. The average Bonchev–Trinajstić information content (AvgIpc) is 2.91. The minimum atomic E-state index is 0.858. The van der Waals surface area contributed by atoms with Crippen LogP contribution in [0, 0.1) is 0 Å². The molecule has 17 heavy (non-hydrogen) atoms. The first-order chi connectivity index (χ1) is 8.38. The second-order valence-electron chi connectivity index (χ2n) is 4.29. The van der Waals surface area contributed by atoms with Crippen LogP contribution in [0.4, 0.5) is 5.82 Å². The molecule has 3 rings (SSSR count). The molecule has 0 saturated heterocycles. The fourth-order valence-electron chi connectivity index (χ4n) is 2.32. The highest BCUT2D eigenvalue weighted by atomic mass is 32.1. The van der Waals surface area contributed by atoms with E-state index in [0.29, 0.717) is 0 Å². The number of nitrogens with one attached hydrogen (secondary N) is 1. The molecule has 0 saturated carbocycles. The first-order valence-corrected chi connectivity index (χ1v) is 6.93. The van der Waals surface area contributed by atoms with Gasteiger partial charge in [0.05, 0.1) is 0 Å². The van der Waals surface area contributed by atoms with Crippen molar-refractivity contribution in [3.05, 3.63) is 28.1 Å².